The summed E-state index contributed by atoms with van der Waals surface area (Å²) in [4.78, 5) is 5.10. The van der Waals surface area contributed by atoms with E-state index < -0.39 is 0 Å². The topological polar surface area (TPSA) is 35.4 Å². The van der Waals surface area contributed by atoms with Gasteiger partial charge in [-0.3, -0.25) is 4.40 Å². The molecule has 0 saturated carbocycles. The van der Waals surface area contributed by atoms with Crippen LogP contribution in [0.1, 0.15) is 0 Å². The zero-order valence-corrected chi connectivity index (χ0v) is 21.9. The Balaban J connectivity index is 1.45. The molecule has 0 aliphatic rings. The number of nitrogens with zero attached hydrogens (tertiary/aromatic N) is 3. The van der Waals surface area contributed by atoms with Gasteiger partial charge in [0.15, 0.2) is 0 Å². The molecule has 4 heterocycles. The number of aromatic nitrogens is 3. The molecule has 41 heavy (non-hydrogen) atoms. The summed E-state index contributed by atoms with van der Waals surface area (Å²) in [5.41, 5.74) is 9.45. The van der Waals surface area contributed by atoms with Gasteiger partial charge in [0.25, 0.3) is 0 Å². The fourth-order valence-corrected chi connectivity index (χ4v) is 6.96. The number of para-hydroxylation sites is 5. The van der Waals surface area contributed by atoms with Crippen molar-refractivity contribution in [1.82, 2.24) is 14.0 Å². The first-order chi connectivity index (χ1) is 20.3. The molecule has 10 aromatic rings. The standard InChI is InChI=1S/C37H21N3O/c1-2-10-22(11-3-1)39-30-15-7-4-12-23(30)25-18-19-33-35(36(25)39)28-20-26-24-13-5-8-16-31(24)40-32-17-9-6-14-29(32)38-37(40)27(26)21-34(28)41-33/h1-21H. The summed E-state index contributed by atoms with van der Waals surface area (Å²) in [6, 6.07) is 45.1. The molecule has 0 amide bonds. The maximum absolute atomic E-state index is 6.64. The number of furan rings is 1. The molecule has 0 N–H and O–H groups in total. The van der Waals surface area contributed by atoms with E-state index in [0.717, 1.165) is 55.2 Å². The van der Waals surface area contributed by atoms with Crippen LogP contribution in [0.2, 0.25) is 0 Å². The molecule has 190 valence electrons. The predicted octanol–water partition coefficient (Wildman–Crippen LogP) is 9.79. The fraction of sp³-hybridized carbons (Fsp3) is 0. The van der Waals surface area contributed by atoms with Crippen LogP contribution < -0.4 is 0 Å². The van der Waals surface area contributed by atoms with E-state index >= 15 is 0 Å². The van der Waals surface area contributed by atoms with Crippen molar-refractivity contribution >= 4 is 82.1 Å². The fourth-order valence-electron chi connectivity index (χ4n) is 6.96. The average molecular weight is 524 g/mol. The van der Waals surface area contributed by atoms with Crippen LogP contribution in [-0.4, -0.2) is 14.0 Å². The number of rotatable bonds is 1. The molecule has 0 unspecified atom stereocenters. The Bertz CT molecular complexity index is 2690. The molecule has 4 aromatic heterocycles. The maximum Gasteiger partial charge on any atom is 0.146 e. The van der Waals surface area contributed by atoms with Gasteiger partial charge >= 0.3 is 0 Å². The lowest BCUT2D eigenvalue weighted by atomic mass is 10.0. The van der Waals surface area contributed by atoms with Crippen LogP contribution in [0.5, 0.6) is 0 Å². The van der Waals surface area contributed by atoms with E-state index in [0.29, 0.717) is 0 Å². The van der Waals surface area contributed by atoms with E-state index in [-0.39, 0.29) is 0 Å². The second kappa shape index (κ2) is 7.52. The first-order valence-corrected chi connectivity index (χ1v) is 13.9. The van der Waals surface area contributed by atoms with Gasteiger partial charge in [-0.15, -0.1) is 0 Å². The van der Waals surface area contributed by atoms with E-state index in [2.05, 4.69) is 130 Å². The Kier molecular flexibility index (Phi) is 3.90. The number of hydrogen-bond acceptors (Lipinski definition) is 2. The highest BCUT2D eigenvalue weighted by molar-refractivity contribution is 6.27. The van der Waals surface area contributed by atoms with Gasteiger partial charge < -0.3 is 8.98 Å². The largest absolute Gasteiger partial charge is 0.456 e. The van der Waals surface area contributed by atoms with Crippen LogP contribution >= 0.6 is 0 Å². The highest BCUT2D eigenvalue weighted by atomic mass is 16.3. The first-order valence-electron chi connectivity index (χ1n) is 13.9. The molecule has 0 radical (unpaired) electrons. The smallest absolute Gasteiger partial charge is 0.146 e. The minimum absolute atomic E-state index is 0.870. The second-order valence-electron chi connectivity index (χ2n) is 10.8. The number of imidazole rings is 1. The highest BCUT2D eigenvalue weighted by Crippen LogP contribution is 2.43. The van der Waals surface area contributed by atoms with E-state index in [1.807, 2.05) is 6.07 Å². The Labute approximate surface area is 233 Å². The number of benzene rings is 6. The van der Waals surface area contributed by atoms with Crippen LogP contribution in [0, 0.1) is 0 Å². The van der Waals surface area contributed by atoms with Crippen LogP contribution in [0.15, 0.2) is 132 Å². The van der Waals surface area contributed by atoms with Crippen molar-refractivity contribution in [3.63, 3.8) is 0 Å². The minimum Gasteiger partial charge on any atom is -0.456 e. The van der Waals surface area contributed by atoms with Gasteiger partial charge in [0.05, 0.1) is 33.0 Å². The first kappa shape index (κ1) is 21.2. The molecule has 0 bridgehead atoms. The van der Waals surface area contributed by atoms with E-state index in [1.54, 1.807) is 0 Å². The predicted molar refractivity (Wildman–Crippen MR) is 169 cm³/mol. The Morgan fingerprint density at radius 1 is 0.488 bits per heavy atom. The molecule has 0 fully saturated rings. The summed E-state index contributed by atoms with van der Waals surface area (Å²) >= 11 is 0. The van der Waals surface area contributed by atoms with Gasteiger partial charge in [-0.25, -0.2) is 4.98 Å². The maximum atomic E-state index is 6.64. The summed E-state index contributed by atoms with van der Waals surface area (Å²) in [5, 5.41) is 8.18. The van der Waals surface area contributed by atoms with Crippen molar-refractivity contribution in [3.8, 4) is 5.69 Å². The van der Waals surface area contributed by atoms with Crippen molar-refractivity contribution in [2.45, 2.75) is 0 Å². The summed E-state index contributed by atoms with van der Waals surface area (Å²) < 4.78 is 11.3. The van der Waals surface area contributed by atoms with Crippen molar-refractivity contribution in [2.75, 3.05) is 0 Å². The third kappa shape index (κ3) is 2.66. The highest BCUT2D eigenvalue weighted by Gasteiger charge is 2.21. The van der Waals surface area contributed by atoms with E-state index in [9.17, 15) is 0 Å². The monoisotopic (exact) mass is 523 g/mol. The van der Waals surface area contributed by atoms with Crippen molar-refractivity contribution in [1.29, 1.82) is 0 Å². The van der Waals surface area contributed by atoms with Gasteiger partial charge in [0, 0.05) is 32.6 Å². The average Bonchev–Trinajstić information content (AvgIpc) is 3.70. The Morgan fingerprint density at radius 2 is 1.20 bits per heavy atom. The molecule has 6 aromatic carbocycles. The van der Waals surface area contributed by atoms with Gasteiger partial charge in [0.1, 0.15) is 16.8 Å². The summed E-state index contributed by atoms with van der Waals surface area (Å²) in [7, 11) is 0. The number of pyridine rings is 1. The van der Waals surface area contributed by atoms with Gasteiger partial charge in [-0.05, 0) is 66.0 Å². The molecule has 0 aliphatic heterocycles. The molecular weight excluding hydrogens is 502 g/mol. The van der Waals surface area contributed by atoms with Crippen molar-refractivity contribution in [2.24, 2.45) is 0 Å². The molecule has 0 saturated heterocycles. The normalized spacial score (nSPS) is 12.4. The van der Waals surface area contributed by atoms with Crippen LogP contribution in [0.3, 0.4) is 0 Å². The van der Waals surface area contributed by atoms with Gasteiger partial charge in [-0.2, -0.15) is 0 Å². The Hall–Kier alpha value is -5.61. The lowest BCUT2D eigenvalue weighted by Crippen LogP contribution is -1.93. The Morgan fingerprint density at radius 3 is 2.05 bits per heavy atom. The lowest BCUT2D eigenvalue weighted by Gasteiger charge is -2.10. The van der Waals surface area contributed by atoms with Crippen LogP contribution in [-0.2, 0) is 0 Å². The number of fused-ring (bicyclic) bond motifs is 15. The quantitative estimate of drug-likeness (QED) is 0.201. The minimum atomic E-state index is 0.870. The zero-order chi connectivity index (χ0) is 26.7. The van der Waals surface area contributed by atoms with Crippen LogP contribution in [0.4, 0.5) is 0 Å². The summed E-state index contributed by atoms with van der Waals surface area (Å²) in [5.74, 6) is 0. The van der Waals surface area contributed by atoms with E-state index in [4.69, 9.17) is 9.40 Å². The molecular formula is C37H21N3O. The molecule has 10 rings (SSSR count). The summed E-state index contributed by atoms with van der Waals surface area (Å²) in [6.45, 7) is 0. The van der Waals surface area contributed by atoms with E-state index in [1.165, 1.54) is 32.6 Å². The molecule has 4 nitrogen and oxygen atoms in total. The zero-order valence-electron chi connectivity index (χ0n) is 21.9. The molecule has 4 heteroatoms. The SMILES string of the molecule is c1ccc(-n2c3ccccc3c3ccc4oc5cc6c(cc5c4c32)c2ccccc2n2c3ccccc3nc62)cc1. The lowest BCUT2D eigenvalue weighted by molar-refractivity contribution is 0.669. The summed E-state index contributed by atoms with van der Waals surface area (Å²) in [6.07, 6.45) is 0. The number of hydrogen-bond donors (Lipinski definition) is 0. The van der Waals surface area contributed by atoms with Crippen molar-refractivity contribution < 1.29 is 4.42 Å². The molecule has 0 aliphatic carbocycles. The van der Waals surface area contributed by atoms with Crippen LogP contribution in [0.25, 0.3) is 87.8 Å². The van der Waals surface area contributed by atoms with Crippen molar-refractivity contribution in [3.05, 3.63) is 127 Å². The van der Waals surface area contributed by atoms with Gasteiger partial charge in [-0.1, -0.05) is 66.7 Å². The van der Waals surface area contributed by atoms with Gasteiger partial charge in [0.2, 0.25) is 0 Å². The molecule has 0 spiro atoms. The molecule has 0 atom stereocenters. The third-order valence-electron chi connectivity index (χ3n) is 8.66. The third-order valence-corrected chi connectivity index (χ3v) is 8.66. The second-order valence-corrected chi connectivity index (χ2v) is 10.8.